The van der Waals surface area contributed by atoms with Crippen LogP contribution >= 0.6 is 11.8 Å². The van der Waals surface area contributed by atoms with Crippen LogP contribution in [0.3, 0.4) is 0 Å². The van der Waals surface area contributed by atoms with Crippen LogP contribution in [0.5, 0.6) is 0 Å². The Balaban J connectivity index is 2.35. The minimum absolute atomic E-state index is 0.957. The Morgan fingerprint density at radius 3 is 2.35 bits per heavy atom. The Hall–Kier alpha value is -1.61. The smallest absolute Gasteiger partial charge is 0.103 e. The fourth-order valence-corrected chi connectivity index (χ4v) is 2.66. The van der Waals surface area contributed by atoms with E-state index in [1.165, 1.54) is 4.90 Å². The van der Waals surface area contributed by atoms with E-state index in [1.807, 2.05) is 48.2 Å². The zero-order chi connectivity index (χ0) is 11.7. The maximum absolute atomic E-state index is 4.71. The fourth-order valence-electron chi connectivity index (χ4n) is 1.89. The molecule has 0 aliphatic rings. The van der Waals surface area contributed by atoms with E-state index in [4.69, 9.17) is 4.98 Å². The number of nitrogens with zero attached hydrogens (tertiary/aromatic N) is 2. The van der Waals surface area contributed by atoms with E-state index in [0.717, 1.165) is 27.8 Å². The molecule has 0 saturated heterocycles. The van der Waals surface area contributed by atoms with E-state index in [2.05, 4.69) is 18.0 Å². The van der Waals surface area contributed by atoms with Crippen molar-refractivity contribution in [2.24, 2.45) is 0 Å². The average molecular weight is 240 g/mol. The third-order valence-electron chi connectivity index (χ3n) is 2.63. The van der Waals surface area contributed by atoms with E-state index in [9.17, 15) is 0 Å². The maximum Gasteiger partial charge on any atom is 0.103 e. The highest BCUT2D eigenvalue weighted by atomic mass is 32.2. The Kier molecular flexibility index (Phi) is 2.69. The number of para-hydroxylation sites is 3. The summed E-state index contributed by atoms with van der Waals surface area (Å²) in [5.74, 6) is 1.05. The molecule has 2 nitrogen and oxygen atoms in total. The molecule has 0 atom stereocenters. The van der Waals surface area contributed by atoms with Gasteiger partial charge in [0.25, 0.3) is 0 Å². The standard InChI is InChI=1S/C14H12N2S/c1-2-17-13-9-5-8-12-14(13)16-11-7-4-3-6-10(11)15-12/h3-9H,2H2,1H3. The highest BCUT2D eigenvalue weighted by Crippen LogP contribution is 2.26. The Labute approximate surface area is 104 Å². The highest BCUT2D eigenvalue weighted by Gasteiger charge is 2.05. The fraction of sp³-hybridized carbons (Fsp3) is 0.143. The Morgan fingerprint density at radius 1 is 0.882 bits per heavy atom. The molecular formula is C14H12N2S. The third-order valence-corrected chi connectivity index (χ3v) is 3.56. The van der Waals surface area contributed by atoms with Crippen LogP contribution in [-0.4, -0.2) is 15.7 Å². The first-order valence-electron chi connectivity index (χ1n) is 5.67. The lowest BCUT2D eigenvalue weighted by atomic mass is 10.2. The minimum Gasteiger partial charge on any atom is -0.244 e. The lowest BCUT2D eigenvalue weighted by Gasteiger charge is -2.05. The van der Waals surface area contributed by atoms with Crippen molar-refractivity contribution in [1.82, 2.24) is 9.97 Å². The van der Waals surface area contributed by atoms with Gasteiger partial charge in [-0.2, -0.15) is 0 Å². The summed E-state index contributed by atoms with van der Waals surface area (Å²) in [6.45, 7) is 2.15. The summed E-state index contributed by atoms with van der Waals surface area (Å²) in [4.78, 5) is 10.6. The number of thioether (sulfide) groups is 1. The van der Waals surface area contributed by atoms with Gasteiger partial charge in [0.15, 0.2) is 0 Å². The molecule has 1 heterocycles. The van der Waals surface area contributed by atoms with Crippen LogP contribution in [-0.2, 0) is 0 Å². The largest absolute Gasteiger partial charge is 0.244 e. The van der Waals surface area contributed by atoms with Crippen molar-refractivity contribution < 1.29 is 0 Å². The summed E-state index contributed by atoms with van der Waals surface area (Å²) < 4.78 is 0. The first-order chi connectivity index (χ1) is 8.38. The van der Waals surface area contributed by atoms with Crippen molar-refractivity contribution in [3.8, 4) is 0 Å². The van der Waals surface area contributed by atoms with Crippen LogP contribution in [0.2, 0.25) is 0 Å². The second-order valence-electron chi connectivity index (χ2n) is 3.77. The first kappa shape index (κ1) is 10.5. The van der Waals surface area contributed by atoms with Gasteiger partial charge < -0.3 is 0 Å². The van der Waals surface area contributed by atoms with Crippen LogP contribution in [0.4, 0.5) is 0 Å². The molecule has 0 aliphatic heterocycles. The van der Waals surface area contributed by atoms with Gasteiger partial charge in [0.1, 0.15) is 5.52 Å². The van der Waals surface area contributed by atoms with E-state index < -0.39 is 0 Å². The molecule has 3 heteroatoms. The van der Waals surface area contributed by atoms with Gasteiger partial charge in [-0.05, 0) is 30.0 Å². The lowest BCUT2D eigenvalue weighted by molar-refractivity contribution is 1.34. The molecular weight excluding hydrogens is 228 g/mol. The number of aromatic nitrogens is 2. The number of rotatable bonds is 2. The quantitative estimate of drug-likeness (QED) is 0.502. The van der Waals surface area contributed by atoms with Gasteiger partial charge >= 0.3 is 0 Å². The summed E-state index contributed by atoms with van der Waals surface area (Å²) >= 11 is 1.81. The van der Waals surface area contributed by atoms with Crippen LogP contribution in [0.25, 0.3) is 22.1 Å². The lowest BCUT2D eigenvalue weighted by Crippen LogP contribution is -1.89. The molecule has 3 aromatic rings. The van der Waals surface area contributed by atoms with Crippen molar-refractivity contribution in [3.63, 3.8) is 0 Å². The van der Waals surface area contributed by atoms with Gasteiger partial charge in [-0.3, -0.25) is 0 Å². The second kappa shape index (κ2) is 4.34. The van der Waals surface area contributed by atoms with Crippen LogP contribution in [0.1, 0.15) is 6.92 Å². The zero-order valence-electron chi connectivity index (χ0n) is 9.55. The van der Waals surface area contributed by atoms with Gasteiger partial charge in [-0.1, -0.05) is 25.1 Å². The zero-order valence-corrected chi connectivity index (χ0v) is 10.4. The predicted octanol–water partition coefficient (Wildman–Crippen LogP) is 3.90. The van der Waals surface area contributed by atoms with E-state index in [1.54, 1.807) is 0 Å². The topological polar surface area (TPSA) is 25.8 Å². The monoisotopic (exact) mass is 240 g/mol. The molecule has 0 spiro atoms. The summed E-state index contributed by atoms with van der Waals surface area (Å²) in [5, 5.41) is 0. The third kappa shape index (κ3) is 1.87. The molecule has 0 aliphatic carbocycles. The molecule has 0 fully saturated rings. The van der Waals surface area contributed by atoms with E-state index >= 15 is 0 Å². The molecule has 84 valence electrons. The summed E-state index contributed by atoms with van der Waals surface area (Å²) in [6, 6.07) is 14.2. The average Bonchev–Trinajstić information content (AvgIpc) is 2.37. The molecule has 1 aromatic heterocycles. The first-order valence-corrected chi connectivity index (χ1v) is 6.65. The van der Waals surface area contributed by atoms with Gasteiger partial charge in [0.2, 0.25) is 0 Å². The molecule has 0 radical (unpaired) electrons. The van der Waals surface area contributed by atoms with Crippen molar-refractivity contribution in [2.45, 2.75) is 11.8 Å². The van der Waals surface area contributed by atoms with Crippen molar-refractivity contribution in [3.05, 3.63) is 42.5 Å². The Morgan fingerprint density at radius 2 is 1.59 bits per heavy atom. The predicted molar refractivity (Wildman–Crippen MR) is 73.4 cm³/mol. The maximum atomic E-state index is 4.71. The minimum atomic E-state index is 0.957. The molecule has 0 N–H and O–H groups in total. The van der Waals surface area contributed by atoms with Crippen LogP contribution in [0, 0.1) is 0 Å². The summed E-state index contributed by atoms with van der Waals surface area (Å²) in [7, 11) is 0. The summed E-state index contributed by atoms with van der Waals surface area (Å²) in [5.41, 5.74) is 3.91. The number of hydrogen-bond acceptors (Lipinski definition) is 3. The molecule has 0 bridgehead atoms. The van der Waals surface area contributed by atoms with Crippen molar-refractivity contribution in [2.75, 3.05) is 5.75 Å². The molecule has 2 aromatic carbocycles. The molecule has 0 amide bonds. The Bertz CT molecular complexity index is 679. The normalized spacial score (nSPS) is 11.1. The van der Waals surface area contributed by atoms with Gasteiger partial charge in [-0.15, -0.1) is 11.8 Å². The van der Waals surface area contributed by atoms with Gasteiger partial charge in [-0.25, -0.2) is 9.97 Å². The molecule has 0 unspecified atom stereocenters. The van der Waals surface area contributed by atoms with Crippen LogP contribution in [0.15, 0.2) is 47.4 Å². The second-order valence-corrected chi connectivity index (χ2v) is 5.08. The molecule has 17 heavy (non-hydrogen) atoms. The number of benzene rings is 2. The molecule has 0 saturated carbocycles. The van der Waals surface area contributed by atoms with Gasteiger partial charge in [0, 0.05) is 4.90 Å². The number of fused-ring (bicyclic) bond motifs is 2. The van der Waals surface area contributed by atoms with Crippen molar-refractivity contribution >= 4 is 33.8 Å². The highest BCUT2D eigenvalue weighted by molar-refractivity contribution is 7.99. The van der Waals surface area contributed by atoms with Gasteiger partial charge in [0.05, 0.1) is 16.6 Å². The van der Waals surface area contributed by atoms with Crippen LogP contribution < -0.4 is 0 Å². The molecule has 3 rings (SSSR count). The summed E-state index contributed by atoms with van der Waals surface area (Å²) in [6.07, 6.45) is 0. The SMILES string of the molecule is CCSc1cccc2nc3ccccc3nc12. The van der Waals surface area contributed by atoms with E-state index in [-0.39, 0.29) is 0 Å². The van der Waals surface area contributed by atoms with E-state index in [0.29, 0.717) is 0 Å². The number of hydrogen-bond donors (Lipinski definition) is 0. The van der Waals surface area contributed by atoms with Crippen molar-refractivity contribution in [1.29, 1.82) is 0 Å².